The van der Waals surface area contributed by atoms with Crippen molar-refractivity contribution in [2.24, 2.45) is 11.5 Å². The van der Waals surface area contributed by atoms with Gasteiger partial charge in [-0.25, -0.2) is 0 Å². The molecule has 1 aromatic carbocycles. The van der Waals surface area contributed by atoms with E-state index in [9.17, 15) is 4.79 Å². The number of benzene rings is 1. The Bertz CT molecular complexity index is 404. The summed E-state index contributed by atoms with van der Waals surface area (Å²) in [4.78, 5) is 11.0. The van der Waals surface area contributed by atoms with Crippen molar-refractivity contribution in [2.75, 3.05) is 11.9 Å². The number of anilines is 1. The summed E-state index contributed by atoms with van der Waals surface area (Å²) in [6, 6.07) is 5.18. The topological polar surface area (TPSA) is 81.1 Å². The lowest BCUT2D eigenvalue weighted by Gasteiger charge is -2.26. The summed E-state index contributed by atoms with van der Waals surface area (Å²) in [5.41, 5.74) is 12.0. The van der Waals surface area contributed by atoms with Crippen LogP contribution in [0.5, 0.6) is 0 Å². The van der Waals surface area contributed by atoms with Crippen LogP contribution in [0.25, 0.3) is 0 Å². The quantitative estimate of drug-likeness (QED) is 0.788. The molecule has 16 heavy (non-hydrogen) atoms. The second-order valence-electron chi connectivity index (χ2n) is 4.27. The van der Waals surface area contributed by atoms with Gasteiger partial charge in [0.05, 0.1) is 0 Å². The molecule has 1 amide bonds. The Balaban J connectivity index is 2.96. The molecule has 5 N–H and O–H groups in total. The van der Waals surface area contributed by atoms with E-state index in [2.05, 4.69) is 21.2 Å². The monoisotopic (exact) mass is 285 g/mol. The largest absolute Gasteiger partial charge is 0.378 e. The van der Waals surface area contributed by atoms with Crippen LogP contribution in [0.4, 0.5) is 5.69 Å². The second kappa shape index (κ2) is 4.84. The van der Waals surface area contributed by atoms with Crippen LogP contribution >= 0.6 is 15.9 Å². The first-order valence-corrected chi connectivity index (χ1v) is 5.72. The molecule has 0 atom stereocenters. The summed E-state index contributed by atoms with van der Waals surface area (Å²) in [6.07, 6.45) is 0. The van der Waals surface area contributed by atoms with E-state index in [-0.39, 0.29) is 5.54 Å². The highest BCUT2D eigenvalue weighted by molar-refractivity contribution is 9.10. The molecule has 0 saturated heterocycles. The van der Waals surface area contributed by atoms with Gasteiger partial charge in [0.1, 0.15) is 0 Å². The summed E-state index contributed by atoms with van der Waals surface area (Å²) >= 11 is 3.39. The number of rotatable bonds is 4. The Morgan fingerprint density at radius 3 is 2.56 bits per heavy atom. The zero-order valence-corrected chi connectivity index (χ0v) is 11.0. The van der Waals surface area contributed by atoms with Crippen LogP contribution < -0.4 is 16.8 Å². The van der Waals surface area contributed by atoms with Crippen molar-refractivity contribution in [3.05, 3.63) is 28.2 Å². The van der Waals surface area contributed by atoms with Crippen molar-refractivity contribution in [1.29, 1.82) is 0 Å². The molecule has 0 unspecified atom stereocenters. The van der Waals surface area contributed by atoms with E-state index < -0.39 is 5.91 Å². The number of halogens is 1. The van der Waals surface area contributed by atoms with Gasteiger partial charge in [-0.05, 0) is 48.0 Å². The normalized spacial score (nSPS) is 11.2. The zero-order chi connectivity index (χ0) is 12.3. The maximum atomic E-state index is 11.0. The first-order chi connectivity index (χ1) is 7.35. The molecule has 0 aliphatic heterocycles. The molecule has 1 rings (SSSR count). The van der Waals surface area contributed by atoms with Gasteiger partial charge in [0.2, 0.25) is 5.91 Å². The number of primary amides is 1. The third kappa shape index (κ3) is 3.21. The van der Waals surface area contributed by atoms with Crippen LogP contribution in [-0.2, 0) is 0 Å². The minimum atomic E-state index is -0.440. The van der Waals surface area contributed by atoms with Crippen LogP contribution in [0.3, 0.4) is 0 Å². The van der Waals surface area contributed by atoms with Gasteiger partial charge < -0.3 is 16.8 Å². The fourth-order valence-corrected chi connectivity index (χ4v) is 1.66. The lowest BCUT2D eigenvalue weighted by Crippen LogP contribution is -2.39. The van der Waals surface area contributed by atoms with E-state index in [1.54, 1.807) is 12.1 Å². The van der Waals surface area contributed by atoms with E-state index in [1.165, 1.54) is 0 Å². The molecule has 0 saturated carbocycles. The number of carbonyl (C=O) groups excluding carboxylic acids is 1. The highest BCUT2D eigenvalue weighted by atomic mass is 79.9. The number of hydrogen-bond acceptors (Lipinski definition) is 3. The number of carbonyl (C=O) groups is 1. The van der Waals surface area contributed by atoms with E-state index in [0.29, 0.717) is 12.1 Å². The van der Waals surface area contributed by atoms with Crippen molar-refractivity contribution < 1.29 is 4.79 Å². The fourth-order valence-electron chi connectivity index (χ4n) is 1.19. The van der Waals surface area contributed by atoms with Gasteiger partial charge in [0.15, 0.2) is 0 Å². The highest BCUT2D eigenvalue weighted by Crippen LogP contribution is 2.26. The molecule has 0 radical (unpaired) electrons. The van der Waals surface area contributed by atoms with Gasteiger partial charge in [-0.3, -0.25) is 4.79 Å². The molecule has 88 valence electrons. The number of nitrogens with two attached hydrogens (primary N) is 2. The first-order valence-electron chi connectivity index (χ1n) is 4.93. The molecule has 0 bridgehead atoms. The Morgan fingerprint density at radius 2 is 2.12 bits per heavy atom. The number of hydrogen-bond donors (Lipinski definition) is 3. The molecular weight excluding hydrogens is 270 g/mol. The third-order valence-corrected chi connectivity index (χ3v) is 2.89. The Hall–Kier alpha value is -1.07. The average Bonchev–Trinajstić information content (AvgIpc) is 2.20. The van der Waals surface area contributed by atoms with Gasteiger partial charge in [-0.1, -0.05) is 0 Å². The number of nitrogens with one attached hydrogen (secondary N) is 1. The van der Waals surface area contributed by atoms with Crippen molar-refractivity contribution in [2.45, 2.75) is 19.4 Å². The predicted molar refractivity (Wildman–Crippen MR) is 69.4 cm³/mol. The summed E-state index contributed by atoms with van der Waals surface area (Å²) < 4.78 is 0.797. The summed E-state index contributed by atoms with van der Waals surface area (Å²) in [5.74, 6) is -0.440. The van der Waals surface area contributed by atoms with E-state index in [4.69, 9.17) is 11.5 Å². The summed E-state index contributed by atoms with van der Waals surface area (Å²) in [6.45, 7) is 4.51. The lowest BCUT2D eigenvalue weighted by molar-refractivity contribution is 0.100. The van der Waals surface area contributed by atoms with Gasteiger partial charge in [-0.15, -0.1) is 0 Å². The third-order valence-electron chi connectivity index (χ3n) is 2.24. The Kier molecular flexibility index (Phi) is 3.93. The molecule has 0 fully saturated rings. The molecule has 0 aliphatic carbocycles. The van der Waals surface area contributed by atoms with Crippen LogP contribution in [0, 0.1) is 0 Å². The van der Waals surface area contributed by atoms with Crippen LogP contribution in [0.2, 0.25) is 0 Å². The Morgan fingerprint density at radius 1 is 1.50 bits per heavy atom. The second-order valence-corrected chi connectivity index (χ2v) is 5.13. The van der Waals surface area contributed by atoms with Crippen molar-refractivity contribution in [1.82, 2.24) is 0 Å². The lowest BCUT2D eigenvalue weighted by atomic mass is 10.1. The van der Waals surface area contributed by atoms with E-state index >= 15 is 0 Å². The average molecular weight is 286 g/mol. The molecule has 0 heterocycles. The first kappa shape index (κ1) is 13.0. The summed E-state index contributed by atoms with van der Waals surface area (Å²) in [5, 5.41) is 3.28. The van der Waals surface area contributed by atoms with Crippen LogP contribution in [-0.4, -0.2) is 18.0 Å². The molecule has 4 nitrogen and oxygen atoms in total. The maximum absolute atomic E-state index is 11.0. The van der Waals surface area contributed by atoms with Crippen molar-refractivity contribution >= 4 is 27.5 Å². The van der Waals surface area contributed by atoms with Crippen LogP contribution in [0.1, 0.15) is 24.2 Å². The van der Waals surface area contributed by atoms with Crippen molar-refractivity contribution in [3.63, 3.8) is 0 Å². The van der Waals surface area contributed by atoms with Crippen LogP contribution in [0.15, 0.2) is 22.7 Å². The molecule has 1 aromatic rings. The minimum Gasteiger partial charge on any atom is -0.378 e. The molecular formula is C11H16BrN3O. The zero-order valence-electron chi connectivity index (χ0n) is 9.38. The van der Waals surface area contributed by atoms with Crippen molar-refractivity contribution in [3.8, 4) is 0 Å². The summed E-state index contributed by atoms with van der Waals surface area (Å²) in [7, 11) is 0. The maximum Gasteiger partial charge on any atom is 0.248 e. The van der Waals surface area contributed by atoms with Gasteiger partial charge in [0.25, 0.3) is 0 Å². The number of amides is 1. The minimum absolute atomic E-state index is 0.198. The molecule has 0 aromatic heterocycles. The molecule has 5 heteroatoms. The SMILES string of the molecule is CC(C)(CN)Nc1ccc(C(N)=O)cc1Br. The van der Waals surface area contributed by atoms with Gasteiger partial charge >= 0.3 is 0 Å². The molecule has 0 spiro atoms. The molecule has 0 aliphatic rings. The predicted octanol–water partition coefficient (Wildman–Crippen LogP) is 1.70. The Labute approximate surface area is 104 Å². The van der Waals surface area contributed by atoms with E-state index in [1.807, 2.05) is 19.9 Å². The van der Waals surface area contributed by atoms with Gasteiger partial charge in [0, 0.05) is 27.8 Å². The van der Waals surface area contributed by atoms with Gasteiger partial charge in [-0.2, -0.15) is 0 Å². The standard InChI is InChI=1S/C11H16BrN3O/c1-11(2,6-13)15-9-4-3-7(10(14)16)5-8(9)12/h3-5,15H,6,13H2,1-2H3,(H2,14,16). The fraction of sp³-hybridized carbons (Fsp3) is 0.364. The smallest absolute Gasteiger partial charge is 0.248 e. The van der Waals surface area contributed by atoms with E-state index in [0.717, 1.165) is 10.2 Å². The highest BCUT2D eigenvalue weighted by Gasteiger charge is 2.16.